The van der Waals surface area contributed by atoms with E-state index in [4.69, 9.17) is 9.40 Å². The van der Waals surface area contributed by atoms with Crippen molar-refractivity contribution in [3.05, 3.63) is 175 Å². The first-order valence-electron chi connectivity index (χ1n) is 16.3. The van der Waals surface area contributed by atoms with Crippen molar-refractivity contribution in [3.63, 3.8) is 0 Å². The van der Waals surface area contributed by atoms with Crippen LogP contribution in [0.4, 0.5) is 0 Å². The summed E-state index contributed by atoms with van der Waals surface area (Å²) in [4.78, 5) is 13.4. The fraction of sp³-hybridized carbons (Fsp3) is 0.0444. The van der Waals surface area contributed by atoms with Crippen molar-refractivity contribution in [2.45, 2.75) is 13.8 Å². The summed E-state index contributed by atoms with van der Waals surface area (Å²) in [5.74, 6) is 0. The van der Waals surface area contributed by atoms with Crippen molar-refractivity contribution in [2.75, 3.05) is 0 Å². The van der Waals surface area contributed by atoms with Gasteiger partial charge in [-0.1, -0.05) is 77.7 Å². The number of aryl methyl sites for hydroxylation is 2. The van der Waals surface area contributed by atoms with Crippen LogP contribution in [-0.4, -0.2) is 15.0 Å². The van der Waals surface area contributed by atoms with Gasteiger partial charge in [0.25, 0.3) is 0 Å². The average molecular weight is 822 g/mol. The molecular weight excluding hydrogens is 791 g/mol. The Balaban J connectivity index is 0.000000255. The Morgan fingerprint density at radius 3 is 2.20 bits per heavy atom. The Morgan fingerprint density at radius 2 is 1.38 bits per heavy atom. The number of pyridine rings is 3. The number of hydrogen-bond acceptors (Lipinski definition) is 4. The van der Waals surface area contributed by atoms with Crippen LogP contribution in [0.15, 0.2) is 157 Å². The summed E-state index contributed by atoms with van der Waals surface area (Å²) in [6.07, 6.45) is 7.51. The normalized spacial score (nSPS) is 10.8. The molecule has 0 bridgehead atoms. The molecule has 5 aromatic carbocycles. The number of fused-ring (bicyclic) bond motifs is 4. The van der Waals surface area contributed by atoms with Crippen LogP contribution in [0.3, 0.4) is 0 Å². The molecule has 5 heteroatoms. The van der Waals surface area contributed by atoms with E-state index in [1.807, 2.05) is 79.3 Å². The zero-order valence-corrected chi connectivity index (χ0v) is 29.9. The molecule has 4 aromatic heterocycles. The van der Waals surface area contributed by atoms with E-state index >= 15 is 0 Å². The van der Waals surface area contributed by atoms with Crippen LogP contribution in [0.5, 0.6) is 0 Å². The van der Waals surface area contributed by atoms with Gasteiger partial charge >= 0.3 is 0 Å². The number of benzene rings is 5. The Kier molecular flexibility index (Phi) is 9.44. The van der Waals surface area contributed by atoms with Gasteiger partial charge in [0.15, 0.2) is 0 Å². The molecule has 9 rings (SSSR count). The maximum atomic E-state index is 6.71. The number of furan rings is 1. The second kappa shape index (κ2) is 14.4. The van der Waals surface area contributed by atoms with Gasteiger partial charge in [-0.15, -0.1) is 54.1 Å². The predicted octanol–water partition coefficient (Wildman–Crippen LogP) is 11.5. The Labute approximate surface area is 304 Å². The van der Waals surface area contributed by atoms with E-state index in [2.05, 4.69) is 103 Å². The molecule has 0 fully saturated rings. The Morgan fingerprint density at radius 1 is 0.540 bits per heavy atom. The smallest absolute Gasteiger partial charge is 0.128 e. The zero-order valence-electron chi connectivity index (χ0n) is 27.5. The minimum absolute atomic E-state index is 0. The third-order valence-corrected chi connectivity index (χ3v) is 8.74. The molecule has 0 saturated heterocycles. The van der Waals surface area contributed by atoms with Crippen LogP contribution < -0.4 is 0 Å². The molecular formula is C45H31IrN3O-2. The Bertz CT molecular complexity index is 2530. The fourth-order valence-electron chi connectivity index (χ4n) is 6.41. The molecule has 1 radical (unpaired) electrons. The van der Waals surface area contributed by atoms with E-state index in [1.54, 1.807) is 6.20 Å². The third kappa shape index (κ3) is 6.37. The summed E-state index contributed by atoms with van der Waals surface area (Å²) in [5, 5.41) is 4.49. The standard InChI is InChI=1S/C34H23N2O.C11H8N.Ir/c1-21-16-29(26-11-6-10-25-22(2)19-35-20-31(25)26)34-30(17-21)27-12-7-13-28(33(27)37-34)32-18-24(14-15-36-32)23-8-4-3-5-9-23;1-2-6-10(7-3-1)11-8-4-5-9-12-11;/h3-12,14-20H,1-2H3;1-6,8-9H;/q2*-1;. The van der Waals surface area contributed by atoms with Crippen molar-refractivity contribution in [1.29, 1.82) is 0 Å². The number of hydrogen-bond donors (Lipinski definition) is 0. The summed E-state index contributed by atoms with van der Waals surface area (Å²) >= 11 is 0. The average Bonchev–Trinajstić information content (AvgIpc) is 3.54. The van der Waals surface area contributed by atoms with Crippen molar-refractivity contribution in [1.82, 2.24) is 15.0 Å². The molecule has 50 heavy (non-hydrogen) atoms. The number of aromatic nitrogens is 3. The first-order chi connectivity index (χ1) is 24.1. The van der Waals surface area contributed by atoms with Gasteiger partial charge in [-0.05, 0) is 82.7 Å². The third-order valence-electron chi connectivity index (χ3n) is 8.74. The van der Waals surface area contributed by atoms with E-state index < -0.39 is 0 Å². The summed E-state index contributed by atoms with van der Waals surface area (Å²) in [6.45, 7) is 4.24. The van der Waals surface area contributed by atoms with Gasteiger partial charge in [-0.3, -0.25) is 4.98 Å². The largest absolute Gasteiger partial charge is 0.500 e. The maximum absolute atomic E-state index is 6.71. The fourth-order valence-corrected chi connectivity index (χ4v) is 6.41. The quantitative estimate of drug-likeness (QED) is 0.166. The van der Waals surface area contributed by atoms with Crippen LogP contribution in [-0.2, 0) is 20.1 Å². The Hall–Kier alpha value is -5.74. The van der Waals surface area contributed by atoms with Gasteiger partial charge in [-0.25, -0.2) is 0 Å². The number of nitrogens with zero attached hydrogens (tertiary/aromatic N) is 3. The number of rotatable bonds is 4. The second-order valence-corrected chi connectivity index (χ2v) is 12.0. The molecule has 4 heterocycles. The van der Waals surface area contributed by atoms with Gasteiger partial charge in [0.05, 0.1) is 5.58 Å². The molecule has 0 saturated carbocycles. The van der Waals surface area contributed by atoms with E-state index in [0.717, 1.165) is 77.7 Å². The molecule has 243 valence electrons. The van der Waals surface area contributed by atoms with Gasteiger partial charge < -0.3 is 14.4 Å². The summed E-state index contributed by atoms with van der Waals surface area (Å²) in [5.41, 5.74) is 12.2. The van der Waals surface area contributed by atoms with E-state index in [9.17, 15) is 0 Å². The van der Waals surface area contributed by atoms with Crippen LogP contribution in [0.1, 0.15) is 11.1 Å². The molecule has 0 spiro atoms. The van der Waals surface area contributed by atoms with Crippen molar-refractivity contribution in [2.24, 2.45) is 0 Å². The molecule has 9 aromatic rings. The van der Waals surface area contributed by atoms with Crippen LogP contribution in [0.2, 0.25) is 0 Å². The second-order valence-electron chi connectivity index (χ2n) is 12.0. The molecule has 0 amide bonds. The first-order valence-corrected chi connectivity index (χ1v) is 16.3. The minimum atomic E-state index is 0. The SMILES string of the molecule is Cc1cc(-c2cccc3c(C)cncc23)c2oc3c(-c4cc(-c5ccccc5)ccn4)[c-]ccc3c2c1.[Ir].[c-]1ccccc1-c1ccccn1. The molecule has 0 unspecified atom stereocenters. The molecule has 0 N–H and O–H groups in total. The summed E-state index contributed by atoms with van der Waals surface area (Å²) in [7, 11) is 0. The summed E-state index contributed by atoms with van der Waals surface area (Å²) < 4.78 is 6.71. The topological polar surface area (TPSA) is 51.8 Å². The first kappa shape index (κ1) is 32.8. The van der Waals surface area contributed by atoms with Crippen LogP contribution >= 0.6 is 0 Å². The molecule has 0 aliphatic heterocycles. The van der Waals surface area contributed by atoms with Gasteiger partial charge in [-0.2, -0.15) is 0 Å². The summed E-state index contributed by atoms with van der Waals surface area (Å²) in [6, 6.07) is 49.6. The monoisotopic (exact) mass is 822 g/mol. The van der Waals surface area contributed by atoms with Crippen molar-refractivity contribution < 1.29 is 24.5 Å². The molecule has 0 aliphatic carbocycles. The zero-order chi connectivity index (χ0) is 33.2. The van der Waals surface area contributed by atoms with E-state index in [1.165, 1.54) is 10.9 Å². The van der Waals surface area contributed by atoms with Gasteiger partial charge in [0.1, 0.15) is 5.58 Å². The molecule has 0 aliphatic rings. The minimum Gasteiger partial charge on any atom is -0.500 e. The van der Waals surface area contributed by atoms with Crippen LogP contribution in [0, 0.1) is 26.0 Å². The molecule has 0 atom stereocenters. The van der Waals surface area contributed by atoms with Crippen LogP contribution in [0.25, 0.3) is 77.5 Å². The van der Waals surface area contributed by atoms with Crippen molar-refractivity contribution >= 4 is 32.7 Å². The van der Waals surface area contributed by atoms with E-state index in [0.29, 0.717) is 0 Å². The molecule has 4 nitrogen and oxygen atoms in total. The maximum Gasteiger partial charge on any atom is 0.128 e. The van der Waals surface area contributed by atoms with Gasteiger partial charge in [0, 0.05) is 61.2 Å². The van der Waals surface area contributed by atoms with Gasteiger partial charge in [0.2, 0.25) is 0 Å². The van der Waals surface area contributed by atoms with Crippen molar-refractivity contribution in [3.8, 4) is 44.8 Å². The predicted molar refractivity (Wildman–Crippen MR) is 200 cm³/mol. The van der Waals surface area contributed by atoms with E-state index in [-0.39, 0.29) is 20.1 Å².